The van der Waals surface area contributed by atoms with Crippen LogP contribution in [0, 0.1) is 61.3 Å². The molecule has 0 saturated carbocycles. The Morgan fingerprint density at radius 1 is 0.444 bits per heavy atom. The van der Waals surface area contributed by atoms with E-state index in [0.717, 1.165) is 0 Å². The molecule has 0 saturated heterocycles. The fourth-order valence-corrected chi connectivity index (χ4v) is 0. The van der Waals surface area contributed by atoms with E-state index < -0.39 is 20.3 Å². The second-order valence-electron chi connectivity index (χ2n) is 0.894. The van der Waals surface area contributed by atoms with Crippen molar-refractivity contribution in [3.05, 3.63) is 61.3 Å². The van der Waals surface area contributed by atoms with Crippen molar-refractivity contribution >= 4 is 0 Å². The second-order valence-corrected chi connectivity index (χ2v) is 0.894. The van der Waals surface area contributed by atoms with Crippen LogP contribution in [0.1, 0.15) is 0 Å². The van der Waals surface area contributed by atoms with E-state index in [-0.39, 0.29) is 31.7 Å². The molecule has 0 aromatic carbocycles. The quantitative estimate of drug-likeness (QED) is 0.343. The summed E-state index contributed by atoms with van der Waals surface area (Å²) in [5.74, 6) is 0. The Balaban J connectivity index is -0.0000000257. The van der Waals surface area contributed by atoms with Crippen molar-refractivity contribution in [2.24, 2.45) is 0 Å². The Morgan fingerprint density at radius 3 is 0.444 bits per heavy atom. The molecule has 18 heteroatoms. The first-order valence-corrected chi connectivity index (χ1v) is 2.19. The van der Waals surface area contributed by atoms with Gasteiger partial charge in [-0.05, 0) is 0 Å². The summed E-state index contributed by atoms with van der Waals surface area (Å²) in [6, 6.07) is 0. The van der Waals surface area contributed by atoms with Gasteiger partial charge >= 0.3 is 26.2 Å². The van der Waals surface area contributed by atoms with Crippen molar-refractivity contribution in [1.29, 1.82) is 0 Å². The van der Waals surface area contributed by atoms with Crippen LogP contribution in [0.4, 0.5) is 0 Å². The van der Waals surface area contributed by atoms with Crippen LogP contribution in [0.3, 0.4) is 0 Å². The predicted octanol–water partition coefficient (Wildman–Crippen LogP) is -1.78. The third kappa shape index (κ3) is 393. The zero-order chi connectivity index (χ0) is 14.3. The SMILES string of the molecule is O.O=[N+]([O-])[O-].O=[N+]([O-])[O-].O=[N+]([O-])[O-].O=[N+]([O-])[O-].[Zr+4]. The molecule has 17 nitrogen and oxygen atoms in total. The summed E-state index contributed by atoms with van der Waals surface area (Å²) in [5.41, 5.74) is 0. The Labute approximate surface area is 114 Å². The summed E-state index contributed by atoms with van der Waals surface area (Å²) in [7, 11) is 0. The summed E-state index contributed by atoms with van der Waals surface area (Å²) >= 11 is 0. The minimum Gasteiger partial charge on any atom is -0.412 e. The van der Waals surface area contributed by atoms with Gasteiger partial charge in [-0.1, -0.05) is 0 Å². The molecule has 0 amide bonds. The van der Waals surface area contributed by atoms with Gasteiger partial charge in [0.25, 0.3) is 0 Å². The molecule has 0 aliphatic rings. The Morgan fingerprint density at radius 2 is 0.444 bits per heavy atom. The van der Waals surface area contributed by atoms with Crippen molar-refractivity contribution in [3.8, 4) is 0 Å². The molecule has 104 valence electrons. The van der Waals surface area contributed by atoms with Crippen molar-refractivity contribution in [2.75, 3.05) is 0 Å². The van der Waals surface area contributed by atoms with Gasteiger partial charge in [-0.3, -0.25) is 0 Å². The van der Waals surface area contributed by atoms with Gasteiger partial charge in [-0.25, -0.2) is 0 Å². The fourth-order valence-electron chi connectivity index (χ4n) is 0. The minimum absolute atomic E-state index is 0. The van der Waals surface area contributed by atoms with Crippen LogP contribution in [0.25, 0.3) is 0 Å². The number of hydrogen-bond acceptors (Lipinski definition) is 12. The molecule has 0 atom stereocenters. The molecule has 0 spiro atoms. The van der Waals surface area contributed by atoms with Crippen molar-refractivity contribution in [3.63, 3.8) is 0 Å². The fraction of sp³-hybridized carbons (Fsp3) is 0. The maximum Gasteiger partial charge on any atom is 4.00 e. The molecule has 0 fully saturated rings. The number of rotatable bonds is 0. The first-order valence-electron chi connectivity index (χ1n) is 2.19. The normalized spacial score (nSPS) is 5.33. The summed E-state index contributed by atoms with van der Waals surface area (Å²) in [6.07, 6.45) is 0. The Hall–Kier alpha value is -2.36. The van der Waals surface area contributed by atoms with Crippen LogP contribution >= 0.6 is 0 Å². The molecule has 0 aromatic rings. The van der Waals surface area contributed by atoms with Crippen molar-refractivity contribution in [2.45, 2.75) is 0 Å². The van der Waals surface area contributed by atoms with E-state index in [1.54, 1.807) is 0 Å². The number of nitrogens with zero attached hydrogens (tertiary/aromatic N) is 4. The molecule has 0 unspecified atom stereocenters. The van der Waals surface area contributed by atoms with E-state index in [0.29, 0.717) is 0 Å². The smallest absolute Gasteiger partial charge is 0.412 e. The largest absolute Gasteiger partial charge is 4.00 e. The second kappa shape index (κ2) is 29.3. The van der Waals surface area contributed by atoms with Gasteiger partial charge in [0.05, 0.1) is 20.3 Å². The zero-order valence-electron chi connectivity index (χ0n) is 7.69. The molecule has 0 aliphatic heterocycles. The van der Waals surface area contributed by atoms with Gasteiger partial charge in [-0.15, -0.1) is 0 Å². The number of hydrogen-bond donors (Lipinski definition) is 0. The summed E-state index contributed by atoms with van der Waals surface area (Å²) in [6.45, 7) is 0. The van der Waals surface area contributed by atoms with Gasteiger partial charge < -0.3 is 66.8 Å². The van der Waals surface area contributed by atoms with Gasteiger partial charge in [0.2, 0.25) is 0 Å². The molecule has 0 radical (unpaired) electrons. The van der Waals surface area contributed by atoms with Gasteiger partial charge in [0.1, 0.15) is 0 Å². The van der Waals surface area contributed by atoms with Crippen LogP contribution in [0.2, 0.25) is 0 Å². The van der Waals surface area contributed by atoms with Gasteiger partial charge in [0.15, 0.2) is 0 Å². The maximum absolute atomic E-state index is 8.25. The first kappa shape index (κ1) is 36.1. The molecular formula is H2N4O13Zr. The monoisotopic (exact) mass is 356 g/mol. The first-order chi connectivity index (χ1) is 6.93. The Bertz CT molecular complexity index is 159. The molecule has 0 heterocycles. The Kier molecular flexibility index (Phi) is 58.7. The average molecular weight is 357 g/mol. The van der Waals surface area contributed by atoms with Crippen LogP contribution in [-0.2, 0) is 26.2 Å². The van der Waals surface area contributed by atoms with Gasteiger partial charge in [-0.2, -0.15) is 0 Å². The predicted molar refractivity (Wildman–Crippen MR) is 45.1 cm³/mol. The average Bonchev–Trinajstić information content (AvgIpc) is 1.76. The summed E-state index contributed by atoms with van der Waals surface area (Å²) in [5, 5.41) is 59.0. The van der Waals surface area contributed by atoms with Crippen LogP contribution < -0.4 is 0 Å². The van der Waals surface area contributed by atoms with Crippen LogP contribution in [0.5, 0.6) is 0 Å². The molecule has 0 aromatic heterocycles. The topological polar surface area (TPSA) is 296 Å². The molecule has 18 heavy (non-hydrogen) atoms. The van der Waals surface area contributed by atoms with E-state index in [9.17, 15) is 0 Å². The van der Waals surface area contributed by atoms with Crippen molar-refractivity contribution in [1.82, 2.24) is 0 Å². The molecular weight excluding hydrogens is 355 g/mol. The third-order valence-electron chi connectivity index (χ3n) is 0. The van der Waals surface area contributed by atoms with E-state index in [2.05, 4.69) is 0 Å². The van der Waals surface area contributed by atoms with Crippen LogP contribution in [-0.4, -0.2) is 25.8 Å². The molecule has 0 aliphatic carbocycles. The van der Waals surface area contributed by atoms with E-state index >= 15 is 0 Å². The van der Waals surface area contributed by atoms with E-state index in [1.807, 2.05) is 0 Å². The maximum atomic E-state index is 8.25. The standard InChI is InChI=1S/4NO3.H2O.Zr/c4*2-1(3)4;;/h;;;;1H2;/q4*-1;;+4. The zero-order valence-corrected chi connectivity index (χ0v) is 10.1. The molecule has 2 N–H and O–H groups in total. The van der Waals surface area contributed by atoms with E-state index in [4.69, 9.17) is 61.3 Å². The van der Waals surface area contributed by atoms with Gasteiger partial charge in [0, 0.05) is 0 Å². The minimum atomic E-state index is -1.75. The molecule has 0 rings (SSSR count). The molecule has 0 bridgehead atoms. The van der Waals surface area contributed by atoms with E-state index in [1.165, 1.54) is 0 Å². The summed E-state index contributed by atoms with van der Waals surface area (Å²) in [4.78, 5) is 33.0. The van der Waals surface area contributed by atoms with Crippen molar-refractivity contribution < 1.29 is 52.0 Å². The third-order valence-corrected chi connectivity index (χ3v) is 0. The summed E-state index contributed by atoms with van der Waals surface area (Å²) < 4.78 is 0. The van der Waals surface area contributed by atoms with Crippen LogP contribution in [0.15, 0.2) is 0 Å².